The third-order valence-corrected chi connectivity index (χ3v) is 6.02. The second-order valence-corrected chi connectivity index (χ2v) is 8.98. The maximum atomic E-state index is 14.6. The van der Waals surface area contributed by atoms with E-state index in [1.165, 1.54) is 68.2 Å². The number of hydrogen-bond acceptors (Lipinski definition) is 0. The molecular formula is C33H34F2. The third kappa shape index (κ3) is 8.73. The van der Waals surface area contributed by atoms with Crippen LogP contribution in [-0.4, -0.2) is 0 Å². The Hall–Kier alpha value is -3.36. The van der Waals surface area contributed by atoms with Crippen molar-refractivity contribution in [3.05, 3.63) is 106 Å². The number of rotatable bonds is 9. The topological polar surface area (TPSA) is 0 Å². The molecule has 0 amide bonds. The maximum absolute atomic E-state index is 14.6. The van der Waals surface area contributed by atoms with Crippen molar-refractivity contribution < 1.29 is 8.78 Å². The van der Waals surface area contributed by atoms with Gasteiger partial charge in [-0.3, -0.25) is 0 Å². The molecular weight excluding hydrogens is 434 g/mol. The molecule has 180 valence electrons. The van der Waals surface area contributed by atoms with Crippen LogP contribution in [0.15, 0.2) is 60.7 Å². The van der Waals surface area contributed by atoms with E-state index in [0.717, 1.165) is 24.0 Å². The third-order valence-electron chi connectivity index (χ3n) is 6.02. The second kappa shape index (κ2) is 14.1. The normalized spacial score (nSPS) is 10.3. The molecule has 0 aromatic heterocycles. The van der Waals surface area contributed by atoms with Crippen molar-refractivity contribution in [2.45, 2.75) is 71.6 Å². The molecule has 0 radical (unpaired) electrons. The van der Waals surface area contributed by atoms with Gasteiger partial charge in [0, 0.05) is 16.7 Å². The Morgan fingerprint density at radius 3 is 1.46 bits per heavy atom. The van der Waals surface area contributed by atoms with Gasteiger partial charge in [0.15, 0.2) is 0 Å². The van der Waals surface area contributed by atoms with Gasteiger partial charge in [0.25, 0.3) is 0 Å². The fraction of sp³-hybridized carbons (Fsp3) is 0.333. The summed E-state index contributed by atoms with van der Waals surface area (Å²) in [7, 11) is 0. The monoisotopic (exact) mass is 468 g/mol. The van der Waals surface area contributed by atoms with Crippen LogP contribution in [0.25, 0.3) is 0 Å². The van der Waals surface area contributed by atoms with E-state index in [1.54, 1.807) is 0 Å². The number of hydrogen-bond donors (Lipinski definition) is 0. The smallest absolute Gasteiger partial charge is 0.143 e. The van der Waals surface area contributed by atoms with Gasteiger partial charge in [0.1, 0.15) is 11.6 Å². The van der Waals surface area contributed by atoms with Gasteiger partial charge in [-0.15, -0.1) is 0 Å². The summed E-state index contributed by atoms with van der Waals surface area (Å²) in [5, 5.41) is 0. The van der Waals surface area contributed by atoms with E-state index in [0.29, 0.717) is 5.56 Å². The highest BCUT2D eigenvalue weighted by Gasteiger charge is 2.08. The standard InChI is InChI=1S/C33H34F2/c1-3-5-7-9-11-27-14-18-29(19-15-27)22-23-31-32(34)24-30(25-33(31)35)21-20-28-16-12-26(13-17-28)10-8-6-4-2/h12-19,24-25H,3-11H2,1-2H3. The Balaban J connectivity index is 1.64. The Kier molecular flexibility index (Phi) is 10.6. The summed E-state index contributed by atoms with van der Waals surface area (Å²) >= 11 is 0. The first kappa shape index (κ1) is 26.2. The van der Waals surface area contributed by atoms with Gasteiger partial charge in [-0.05, 0) is 73.2 Å². The van der Waals surface area contributed by atoms with Crippen LogP contribution in [0.4, 0.5) is 8.78 Å². The summed E-state index contributed by atoms with van der Waals surface area (Å²) in [6, 6.07) is 18.4. The molecule has 35 heavy (non-hydrogen) atoms. The zero-order valence-electron chi connectivity index (χ0n) is 20.9. The first-order chi connectivity index (χ1) is 17.1. The van der Waals surface area contributed by atoms with E-state index >= 15 is 0 Å². The molecule has 0 bridgehead atoms. The molecule has 0 saturated heterocycles. The van der Waals surface area contributed by atoms with Gasteiger partial charge in [-0.1, -0.05) is 93.9 Å². The largest absolute Gasteiger partial charge is 0.205 e. The highest BCUT2D eigenvalue weighted by molar-refractivity contribution is 5.49. The molecule has 0 spiro atoms. The molecule has 0 saturated carbocycles. The summed E-state index contributed by atoms with van der Waals surface area (Å²) in [6.45, 7) is 4.40. The predicted octanol–water partition coefficient (Wildman–Crippen LogP) is 8.62. The quantitative estimate of drug-likeness (QED) is 0.218. The van der Waals surface area contributed by atoms with Gasteiger partial charge >= 0.3 is 0 Å². The lowest BCUT2D eigenvalue weighted by atomic mass is 10.0. The lowest BCUT2D eigenvalue weighted by Gasteiger charge is -2.02. The lowest BCUT2D eigenvalue weighted by Crippen LogP contribution is -1.93. The summed E-state index contributed by atoms with van der Waals surface area (Å²) in [6.07, 6.45) is 10.6. The van der Waals surface area contributed by atoms with Crippen LogP contribution in [0.3, 0.4) is 0 Å². The Morgan fingerprint density at radius 2 is 0.943 bits per heavy atom. The number of aryl methyl sites for hydroxylation is 2. The van der Waals surface area contributed by atoms with E-state index in [1.807, 2.05) is 36.4 Å². The Labute approximate surface area is 209 Å². The first-order valence-corrected chi connectivity index (χ1v) is 12.8. The van der Waals surface area contributed by atoms with Crippen molar-refractivity contribution in [2.24, 2.45) is 0 Å². The van der Waals surface area contributed by atoms with Crippen LogP contribution in [0.5, 0.6) is 0 Å². The molecule has 0 fully saturated rings. The highest BCUT2D eigenvalue weighted by atomic mass is 19.1. The molecule has 2 heteroatoms. The zero-order valence-corrected chi connectivity index (χ0v) is 20.9. The lowest BCUT2D eigenvalue weighted by molar-refractivity contribution is 0.577. The van der Waals surface area contributed by atoms with Crippen LogP contribution in [0, 0.1) is 35.3 Å². The highest BCUT2D eigenvalue weighted by Crippen LogP contribution is 2.15. The maximum Gasteiger partial charge on any atom is 0.143 e. The minimum atomic E-state index is -0.694. The van der Waals surface area contributed by atoms with E-state index in [4.69, 9.17) is 0 Å². The number of unbranched alkanes of at least 4 members (excludes halogenated alkanes) is 5. The molecule has 3 aromatic rings. The van der Waals surface area contributed by atoms with Gasteiger partial charge in [-0.25, -0.2) is 8.78 Å². The number of benzene rings is 3. The minimum absolute atomic E-state index is 0.226. The van der Waals surface area contributed by atoms with Gasteiger partial charge < -0.3 is 0 Å². The van der Waals surface area contributed by atoms with Crippen LogP contribution in [0.1, 0.15) is 92.2 Å². The average molecular weight is 469 g/mol. The molecule has 0 nitrogen and oxygen atoms in total. The van der Waals surface area contributed by atoms with Crippen molar-refractivity contribution in [2.75, 3.05) is 0 Å². The summed E-state index contributed by atoms with van der Waals surface area (Å²) in [5.41, 5.74) is 4.18. The molecule has 0 aliphatic heterocycles. The summed E-state index contributed by atoms with van der Waals surface area (Å²) in [5.74, 6) is 10.0. The van der Waals surface area contributed by atoms with E-state index in [2.05, 4.69) is 49.7 Å². The van der Waals surface area contributed by atoms with E-state index < -0.39 is 11.6 Å². The summed E-state index contributed by atoms with van der Waals surface area (Å²) in [4.78, 5) is 0. The van der Waals surface area contributed by atoms with Crippen molar-refractivity contribution in [3.63, 3.8) is 0 Å². The van der Waals surface area contributed by atoms with Crippen LogP contribution in [0.2, 0.25) is 0 Å². The van der Waals surface area contributed by atoms with Crippen LogP contribution >= 0.6 is 0 Å². The van der Waals surface area contributed by atoms with E-state index in [-0.39, 0.29) is 5.56 Å². The van der Waals surface area contributed by atoms with Gasteiger partial charge in [0.2, 0.25) is 0 Å². The molecule has 3 rings (SSSR count). The minimum Gasteiger partial charge on any atom is -0.205 e. The second-order valence-electron chi connectivity index (χ2n) is 8.98. The fourth-order valence-electron chi connectivity index (χ4n) is 3.89. The molecule has 3 aromatic carbocycles. The molecule has 0 N–H and O–H groups in total. The average Bonchev–Trinajstić information content (AvgIpc) is 2.86. The van der Waals surface area contributed by atoms with E-state index in [9.17, 15) is 8.78 Å². The fourth-order valence-corrected chi connectivity index (χ4v) is 3.89. The molecule has 0 heterocycles. The molecule has 0 aliphatic rings. The molecule has 0 unspecified atom stereocenters. The Morgan fingerprint density at radius 1 is 0.514 bits per heavy atom. The van der Waals surface area contributed by atoms with Crippen LogP contribution in [-0.2, 0) is 12.8 Å². The first-order valence-electron chi connectivity index (χ1n) is 12.8. The van der Waals surface area contributed by atoms with Crippen molar-refractivity contribution in [1.29, 1.82) is 0 Å². The molecule has 0 atom stereocenters. The van der Waals surface area contributed by atoms with Crippen molar-refractivity contribution in [3.8, 4) is 23.7 Å². The predicted molar refractivity (Wildman–Crippen MR) is 142 cm³/mol. The van der Waals surface area contributed by atoms with Gasteiger partial charge in [-0.2, -0.15) is 0 Å². The SMILES string of the molecule is CCCCCCc1ccc(C#Cc2c(F)cc(C#Cc3ccc(CCCCC)cc3)cc2F)cc1. The Bertz CT molecular complexity index is 1170. The van der Waals surface area contributed by atoms with Crippen LogP contribution < -0.4 is 0 Å². The molecule has 0 aliphatic carbocycles. The zero-order chi connectivity index (χ0) is 24.9. The van der Waals surface area contributed by atoms with Crippen molar-refractivity contribution >= 4 is 0 Å². The van der Waals surface area contributed by atoms with Crippen molar-refractivity contribution in [1.82, 2.24) is 0 Å². The van der Waals surface area contributed by atoms with Gasteiger partial charge in [0.05, 0.1) is 5.56 Å². The number of halogens is 2. The summed E-state index contributed by atoms with van der Waals surface area (Å²) < 4.78 is 29.2.